The van der Waals surface area contributed by atoms with Crippen molar-refractivity contribution in [2.24, 2.45) is 5.92 Å². The van der Waals surface area contributed by atoms with Gasteiger partial charge in [0.1, 0.15) is 12.5 Å². The van der Waals surface area contributed by atoms with Crippen molar-refractivity contribution in [3.63, 3.8) is 0 Å². The van der Waals surface area contributed by atoms with Crippen molar-refractivity contribution in [3.8, 4) is 0 Å². The van der Waals surface area contributed by atoms with Crippen molar-refractivity contribution in [3.05, 3.63) is 29.8 Å². The van der Waals surface area contributed by atoms with Crippen LogP contribution < -0.4 is 5.32 Å². The Morgan fingerprint density at radius 3 is 2.13 bits per heavy atom. The molecule has 1 fully saturated rings. The molecule has 13 nitrogen and oxygen atoms in total. The molecule has 218 valence electrons. The van der Waals surface area contributed by atoms with Gasteiger partial charge >= 0.3 is 20.8 Å². The fourth-order valence-corrected chi connectivity index (χ4v) is 7.19. The third kappa shape index (κ3) is 9.77. The molecule has 1 atom stereocenters. The summed E-state index contributed by atoms with van der Waals surface area (Å²) in [5.74, 6) is -3.28. The van der Waals surface area contributed by atoms with Crippen molar-refractivity contribution in [2.45, 2.75) is 57.4 Å². The number of amides is 4. The topological polar surface area (TPSA) is 175 Å². The summed E-state index contributed by atoms with van der Waals surface area (Å²) in [5.41, 5.74) is 0.446. The molecule has 0 aliphatic carbocycles. The number of urea groups is 1. The quantitative estimate of drug-likeness (QED) is 0.0894. The number of nitrogens with one attached hydrogen (secondary N) is 1. The molecule has 0 bridgehead atoms. The molecule has 1 saturated heterocycles. The Labute approximate surface area is 229 Å². The number of benzene rings is 1. The molecule has 2 N–H and O–H groups in total. The van der Waals surface area contributed by atoms with Crippen LogP contribution in [0.25, 0.3) is 0 Å². The fraction of sp³-hybridized carbons (Fsp3) is 0.583. The number of barbiturate groups is 1. The minimum Gasteiger partial charge on any atom is -0.464 e. The van der Waals surface area contributed by atoms with E-state index in [1.807, 2.05) is 20.8 Å². The van der Waals surface area contributed by atoms with Crippen LogP contribution in [-0.4, -0.2) is 83.5 Å². The van der Waals surface area contributed by atoms with Crippen LogP contribution in [0.4, 0.5) is 4.79 Å². The molecular weight excluding hydrogens is 552 g/mol. The molecule has 1 aromatic rings. The maximum absolute atomic E-state index is 12.9. The van der Waals surface area contributed by atoms with Crippen LogP contribution in [0, 0.1) is 5.92 Å². The molecule has 1 unspecified atom stereocenters. The van der Waals surface area contributed by atoms with Crippen LogP contribution in [-0.2, 0) is 48.9 Å². The standard InChI is InChI=1S/C24H36N2O11SSi/c1-4-35-39(36-5-2,37-6-3)16-8-7-9-21(27)34-15-14-26-23(29)20(22(28)25-24(26)30)17-18-10-12-19(13-11-18)38(31,32)33/h10-13,20H,4-9,14-17H2,1-3H3,(H,25,28,30)(H,31,32,33). The average molecular weight is 589 g/mol. The van der Waals surface area contributed by atoms with Gasteiger partial charge in [0.05, 0.1) is 11.4 Å². The van der Waals surface area contributed by atoms with E-state index in [0.717, 1.165) is 17.0 Å². The number of rotatable bonds is 17. The molecule has 0 radical (unpaired) electrons. The van der Waals surface area contributed by atoms with Gasteiger partial charge < -0.3 is 18.0 Å². The molecule has 1 heterocycles. The van der Waals surface area contributed by atoms with Gasteiger partial charge in [-0.3, -0.25) is 29.2 Å². The van der Waals surface area contributed by atoms with Gasteiger partial charge in [0, 0.05) is 32.3 Å². The van der Waals surface area contributed by atoms with Crippen LogP contribution in [0.3, 0.4) is 0 Å². The zero-order chi connectivity index (χ0) is 29.1. The lowest BCUT2D eigenvalue weighted by Gasteiger charge is -2.30. The van der Waals surface area contributed by atoms with E-state index in [-0.39, 0.29) is 30.9 Å². The zero-order valence-corrected chi connectivity index (χ0v) is 24.2. The first kappa shape index (κ1) is 32.5. The Balaban J connectivity index is 1.84. The summed E-state index contributed by atoms with van der Waals surface area (Å²) in [6.07, 6.45) is 1.16. The lowest BCUT2D eigenvalue weighted by molar-refractivity contribution is -0.148. The summed E-state index contributed by atoms with van der Waals surface area (Å²) >= 11 is 0. The zero-order valence-electron chi connectivity index (χ0n) is 22.3. The van der Waals surface area contributed by atoms with Gasteiger partial charge in [-0.2, -0.15) is 8.42 Å². The van der Waals surface area contributed by atoms with Crippen LogP contribution in [0.15, 0.2) is 29.2 Å². The first-order valence-corrected chi connectivity index (χ1v) is 16.1. The minimum absolute atomic E-state index is 0.101. The Morgan fingerprint density at radius 1 is 1.00 bits per heavy atom. The summed E-state index contributed by atoms with van der Waals surface area (Å²) < 4.78 is 54.0. The average Bonchev–Trinajstić information content (AvgIpc) is 2.86. The van der Waals surface area contributed by atoms with E-state index in [9.17, 15) is 27.6 Å². The van der Waals surface area contributed by atoms with Gasteiger partial charge in [0.25, 0.3) is 10.1 Å². The van der Waals surface area contributed by atoms with Gasteiger partial charge in [-0.25, -0.2) is 4.79 Å². The normalized spacial score (nSPS) is 16.4. The second-order valence-electron chi connectivity index (χ2n) is 8.57. The predicted octanol–water partition coefficient (Wildman–Crippen LogP) is 1.93. The number of imide groups is 2. The molecule has 15 heteroatoms. The highest BCUT2D eigenvalue weighted by molar-refractivity contribution is 7.85. The monoisotopic (exact) mass is 588 g/mol. The van der Waals surface area contributed by atoms with Crippen molar-refractivity contribution in [2.75, 3.05) is 33.0 Å². The molecular formula is C24H36N2O11SSi. The van der Waals surface area contributed by atoms with Gasteiger partial charge in [-0.05, 0) is 57.7 Å². The molecule has 2 rings (SSSR count). The Hall–Kier alpha value is -2.69. The number of nitrogens with zero attached hydrogens (tertiary/aromatic N) is 1. The summed E-state index contributed by atoms with van der Waals surface area (Å²) in [6, 6.07) is 4.65. The number of ether oxygens (including phenoxy) is 1. The molecule has 0 spiro atoms. The van der Waals surface area contributed by atoms with Gasteiger partial charge in [0.15, 0.2) is 0 Å². The first-order valence-electron chi connectivity index (χ1n) is 12.8. The number of unbranched alkanes of at least 4 members (excludes halogenated alkanes) is 1. The fourth-order valence-electron chi connectivity index (χ4n) is 4.02. The largest absolute Gasteiger partial charge is 0.500 e. The first-order chi connectivity index (χ1) is 18.5. The number of hydrogen-bond acceptors (Lipinski definition) is 10. The van der Waals surface area contributed by atoms with Crippen LogP contribution in [0.1, 0.15) is 45.6 Å². The highest BCUT2D eigenvalue weighted by Gasteiger charge is 2.41. The van der Waals surface area contributed by atoms with E-state index in [4.69, 9.17) is 22.6 Å². The molecule has 1 aliphatic rings. The van der Waals surface area contributed by atoms with Crippen molar-refractivity contribution < 1.29 is 50.2 Å². The van der Waals surface area contributed by atoms with E-state index < -0.39 is 48.7 Å². The maximum Gasteiger partial charge on any atom is 0.500 e. The SMILES string of the molecule is CCO[Si](CCCCC(=O)OCCN1C(=O)NC(=O)C(Cc2ccc(S(=O)(=O)O)cc2)C1=O)(OCC)OCC. The van der Waals surface area contributed by atoms with E-state index in [1.165, 1.54) is 12.1 Å². The highest BCUT2D eigenvalue weighted by Crippen LogP contribution is 2.21. The Kier molecular flexibility index (Phi) is 12.7. The summed E-state index contributed by atoms with van der Waals surface area (Å²) in [7, 11) is -7.17. The Bertz CT molecular complexity index is 1090. The van der Waals surface area contributed by atoms with E-state index in [1.54, 1.807) is 0 Å². The van der Waals surface area contributed by atoms with Crippen molar-refractivity contribution >= 4 is 42.7 Å². The molecule has 4 amide bonds. The molecule has 0 saturated carbocycles. The number of hydrogen-bond donors (Lipinski definition) is 2. The second kappa shape index (κ2) is 15.2. The van der Waals surface area contributed by atoms with Crippen LogP contribution in [0.2, 0.25) is 6.04 Å². The maximum atomic E-state index is 12.9. The smallest absolute Gasteiger partial charge is 0.464 e. The van der Waals surface area contributed by atoms with Crippen LogP contribution >= 0.6 is 0 Å². The molecule has 0 aromatic heterocycles. The summed E-state index contributed by atoms with van der Waals surface area (Å²) in [4.78, 5) is 50.0. The minimum atomic E-state index is -4.39. The van der Waals surface area contributed by atoms with Gasteiger partial charge in [0.2, 0.25) is 11.8 Å². The highest BCUT2D eigenvalue weighted by atomic mass is 32.2. The lowest BCUT2D eigenvalue weighted by Crippen LogP contribution is -2.59. The molecule has 1 aromatic carbocycles. The summed E-state index contributed by atoms with van der Waals surface area (Å²) in [5, 5.41) is 2.11. The Morgan fingerprint density at radius 2 is 1.59 bits per heavy atom. The second-order valence-corrected chi connectivity index (χ2v) is 12.7. The molecule has 1 aliphatic heterocycles. The van der Waals surface area contributed by atoms with Gasteiger partial charge in [-0.1, -0.05) is 12.1 Å². The number of carbonyl (C=O) groups excluding carboxylic acids is 4. The summed E-state index contributed by atoms with van der Waals surface area (Å²) in [6.45, 7) is 6.51. The third-order valence-corrected chi connectivity index (χ3v) is 9.82. The number of esters is 1. The number of carbonyl (C=O) groups is 4. The van der Waals surface area contributed by atoms with Gasteiger partial charge in [-0.15, -0.1) is 0 Å². The van der Waals surface area contributed by atoms with Crippen molar-refractivity contribution in [1.29, 1.82) is 0 Å². The van der Waals surface area contributed by atoms with E-state index in [2.05, 4.69) is 5.32 Å². The molecule has 39 heavy (non-hydrogen) atoms. The van der Waals surface area contributed by atoms with E-state index in [0.29, 0.717) is 44.3 Å². The third-order valence-electron chi connectivity index (χ3n) is 5.80. The van der Waals surface area contributed by atoms with Crippen LogP contribution in [0.5, 0.6) is 0 Å². The predicted molar refractivity (Wildman–Crippen MR) is 139 cm³/mol. The van der Waals surface area contributed by atoms with Crippen molar-refractivity contribution in [1.82, 2.24) is 10.2 Å². The van der Waals surface area contributed by atoms with E-state index >= 15 is 0 Å². The lowest BCUT2D eigenvalue weighted by atomic mass is 9.95.